The average molecular weight is 406 g/mol. The predicted molar refractivity (Wildman–Crippen MR) is 115 cm³/mol. The zero-order valence-electron chi connectivity index (χ0n) is 17.8. The molecule has 1 amide bonds. The Hall–Kier alpha value is -2.16. The molecular formula is C21H35N5O3. The van der Waals surface area contributed by atoms with Crippen molar-refractivity contribution in [3.63, 3.8) is 0 Å². The molecule has 0 aromatic heterocycles. The van der Waals surface area contributed by atoms with Crippen molar-refractivity contribution in [2.24, 2.45) is 4.99 Å². The van der Waals surface area contributed by atoms with E-state index in [2.05, 4.69) is 25.8 Å². The normalized spacial score (nSPS) is 17.4. The fourth-order valence-corrected chi connectivity index (χ4v) is 3.22. The number of β-amino-alcohol motifs (C(OH)–C–C–N with tert-alkyl or cyclic N) is 1. The molecular weight excluding hydrogens is 370 g/mol. The number of hydrogen-bond acceptors (Lipinski definition) is 5. The molecule has 162 valence electrons. The Morgan fingerprint density at radius 2 is 2.07 bits per heavy atom. The monoisotopic (exact) mass is 405 g/mol. The van der Waals surface area contributed by atoms with Crippen LogP contribution in [0, 0.1) is 0 Å². The van der Waals surface area contributed by atoms with Gasteiger partial charge in [0.1, 0.15) is 0 Å². The largest absolute Gasteiger partial charge is 0.387 e. The second-order valence-corrected chi connectivity index (χ2v) is 7.54. The van der Waals surface area contributed by atoms with Gasteiger partial charge in [0.25, 0.3) is 5.91 Å². The third-order valence-electron chi connectivity index (χ3n) is 4.71. The molecule has 2 rings (SSSR count). The van der Waals surface area contributed by atoms with E-state index in [1.54, 1.807) is 13.1 Å². The van der Waals surface area contributed by atoms with Crippen molar-refractivity contribution in [1.82, 2.24) is 20.9 Å². The first-order chi connectivity index (χ1) is 13.9. The van der Waals surface area contributed by atoms with Crippen LogP contribution in [-0.4, -0.2) is 87.0 Å². The van der Waals surface area contributed by atoms with E-state index in [0.29, 0.717) is 44.4 Å². The zero-order valence-corrected chi connectivity index (χ0v) is 17.8. The number of aliphatic imine (C=N–C) groups is 1. The van der Waals surface area contributed by atoms with Crippen molar-refractivity contribution >= 4 is 11.9 Å². The van der Waals surface area contributed by atoms with E-state index < -0.39 is 5.60 Å². The van der Waals surface area contributed by atoms with Crippen LogP contribution in [0.15, 0.2) is 29.3 Å². The van der Waals surface area contributed by atoms with Gasteiger partial charge in [-0.1, -0.05) is 12.1 Å². The Bertz CT molecular complexity index is 672. The summed E-state index contributed by atoms with van der Waals surface area (Å²) in [6, 6.07) is 7.60. The van der Waals surface area contributed by atoms with Crippen molar-refractivity contribution in [2.75, 3.05) is 59.5 Å². The molecule has 29 heavy (non-hydrogen) atoms. The summed E-state index contributed by atoms with van der Waals surface area (Å²) < 4.78 is 5.36. The standard InChI is InChI=1S/C21H35N5O3/c1-4-23-20(25-15-21(2,28)16-26-10-12-29-13-11-26)24-9-8-17-6-5-7-18(14-17)19(27)22-3/h5-7,14,28H,4,8-13,15-16H2,1-3H3,(H,22,27)(H2,23,24,25). The lowest BCUT2D eigenvalue weighted by Gasteiger charge is -2.33. The molecule has 1 atom stereocenters. The topological polar surface area (TPSA) is 98.2 Å². The second-order valence-electron chi connectivity index (χ2n) is 7.54. The van der Waals surface area contributed by atoms with Gasteiger partial charge in [-0.3, -0.25) is 14.7 Å². The predicted octanol–water partition coefficient (Wildman–Crippen LogP) is 0.227. The number of carbonyl (C=O) groups excluding carboxylic acids is 1. The number of morpholine rings is 1. The van der Waals surface area contributed by atoms with E-state index in [4.69, 9.17) is 4.74 Å². The number of ether oxygens (including phenoxy) is 1. The van der Waals surface area contributed by atoms with Gasteiger partial charge in [-0.15, -0.1) is 0 Å². The van der Waals surface area contributed by atoms with Gasteiger partial charge in [-0.25, -0.2) is 0 Å². The van der Waals surface area contributed by atoms with E-state index in [-0.39, 0.29) is 5.91 Å². The smallest absolute Gasteiger partial charge is 0.251 e. The quantitative estimate of drug-likeness (QED) is 0.347. The van der Waals surface area contributed by atoms with Crippen molar-refractivity contribution in [3.8, 4) is 0 Å². The van der Waals surface area contributed by atoms with Gasteiger partial charge in [-0.05, 0) is 38.0 Å². The van der Waals surface area contributed by atoms with Crippen molar-refractivity contribution in [2.45, 2.75) is 25.9 Å². The number of benzene rings is 1. The molecule has 1 saturated heterocycles. The number of rotatable bonds is 9. The highest BCUT2D eigenvalue weighted by Gasteiger charge is 2.25. The maximum atomic E-state index is 11.8. The molecule has 0 bridgehead atoms. The minimum atomic E-state index is -0.901. The molecule has 0 aliphatic carbocycles. The Balaban J connectivity index is 1.86. The van der Waals surface area contributed by atoms with E-state index in [1.807, 2.05) is 32.0 Å². The SMILES string of the molecule is CCNC(=NCC(C)(O)CN1CCOCC1)NCCc1cccc(C(=O)NC)c1. The average Bonchev–Trinajstić information content (AvgIpc) is 2.72. The van der Waals surface area contributed by atoms with Crippen LogP contribution in [0.25, 0.3) is 0 Å². The number of hydrogen-bond donors (Lipinski definition) is 4. The number of guanidine groups is 1. The second kappa shape index (κ2) is 11.7. The number of amides is 1. The summed E-state index contributed by atoms with van der Waals surface area (Å²) in [4.78, 5) is 18.5. The fourth-order valence-electron chi connectivity index (χ4n) is 3.22. The van der Waals surface area contributed by atoms with Gasteiger partial charge in [0.15, 0.2) is 5.96 Å². The Morgan fingerprint density at radius 3 is 2.76 bits per heavy atom. The Kier molecular flexibility index (Phi) is 9.37. The van der Waals surface area contributed by atoms with Crippen LogP contribution in [0.3, 0.4) is 0 Å². The minimum absolute atomic E-state index is 0.0859. The lowest BCUT2D eigenvalue weighted by atomic mass is 10.1. The molecule has 8 heteroatoms. The van der Waals surface area contributed by atoms with Crippen LogP contribution in [0.4, 0.5) is 0 Å². The van der Waals surface area contributed by atoms with Crippen LogP contribution in [0.1, 0.15) is 29.8 Å². The van der Waals surface area contributed by atoms with E-state index >= 15 is 0 Å². The molecule has 1 aliphatic rings. The highest BCUT2D eigenvalue weighted by molar-refractivity contribution is 5.94. The summed E-state index contributed by atoms with van der Waals surface area (Å²) in [6.45, 7) is 9.24. The van der Waals surface area contributed by atoms with Crippen LogP contribution >= 0.6 is 0 Å². The summed E-state index contributed by atoms with van der Waals surface area (Å²) >= 11 is 0. The summed E-state index contributed by atoms with van der Waals surface area (Å²) in [5.41, 5.74) is 0.833. The summed E-state index contributed by atoms with van der Waals surface area (Å²) in [5.74, 6) is 0.592. The molecule has 1 aromatic carbocycles. The maximum absolute atomic E-state index is 11.8. The van der Waals surface area contributed by atoms with Gasteiger partial charge in [0, 0.05) is 45.3 Å². The van der Waals surface area contributed by atoms with Crippen LogP contribution in [0.5, 0.6) is 0 Å². The third kappa shape index (κ3) is 8.39. The van der Waals surface area contributed by atoms with E-state index in [9.17, 15) is 9.90 Å². The third-order valence-corrected chi connectivity index (χ3v) is 4.71. The van der Waals surface area contributed by atoms with Crippen LogP contribution < -0.4 is 16.0 Å². The molecule has 4 N–H and O–H groups in total. The van der Waals surface area contributed by atoms with Crippen molar-refractivity contribution < 1.29 is 14.6 Å². The number of carbonyl (C=O) groups is 1. The van der Waals surface area contributed by atoms with Crippen molar-refractivity contribution in [1.29, 1.82) is 0 Å². The summed E-state index contributed by atoms with van der Waals surface area (Å²) in [5, 5.41) is 19.9. The Morgan fingerprint density at radius 1 is 1.31 bits per heavy atom. The molecule has 1 aliphatic heterocycles. The molecule has 1 fully saturated rings. The van der Waals surface area contributed by atoms with Gasteiger partial charge < -0.3 is 25.8 Å². The van der Waals surface area contributed by atoms with Gasteiger partial charge in [0.05, 0.1) is 25.4 Å². The first-order valence-electron chi connectivity index (χ1n) is 10.3. The molecule has 1 heterocycles. The summed E-state index contributed by atoms with van der Waals surface area (Å²) in [7, 11) is 1.63. The summed E-state index contributed by atoms with van der Waals surface area (Å²) in [6.07, 6.45) is 0.763. The molecule has 1 unspecified atom stereocenters. The van der Waals surface area contributed by atoms with E-state index in [1.165, 1.54) is 0 Å². The lowest BCUT2D eigenvalue weighted by Crippen LogP contribution is -2.48. The first-order valence-corrected chi connectivity index (χ1v) is 10.3. The van der Waals surface area contributed by atoms with Gasteiger partial charge >= 0.3 is 0 Å². The molecule has 1 aromatic rings. The molecule has 8 nitrogen and oxygen atoms in total. The molecule has 0 spiro atoms. The van der Waals surface area contributed by atoms with Gasteiger partial charge in [-0.2, -0.15) is 0 Å². The number of nitrogens with zero attached hydrogens (tertiary/aromatic N) is 2. The highest BCUT2D eigenvalue weighted by atomic mass is 16.5. The lowest BCUT2D eigenvalue weighted by molar-refractivity contribution is -0.0180. The van der Waals surface area contributed by atoms with Crippen molar-refractivity contribution in [3.05, 3.63) is 35.4 Å². The van der Waals surface area contributed by atoms with Gasteiger partial charge in [0.2, 0.25) is 0 Å². The fraction of sp³-hybridized carbons (Fsp3) is 0.619. The zero-order chi connectivity index (χ0) is 21.1. The number of nitrogens with one attached hydrogen (secondary N) is 3. The highest BCUT2D eigenvalue weighted by Crippen LogP contribution is 2.09. The van der Waals surface area contributed by atoms with E-state index in [0.717, 1.165) is 31.6 Å². The first kappa shape index (κ1) is 23.1. The maximum Gasteiger partial charge on any atom is 0.251 e. The van der Waals surface area contributed by atoms with Crippen LogP contribution in [-0.2, 0) is 11.2 Å². The minimum Gasteiger partial charge on any atom is -0.387 e. The van der Waals surface area contributed by atoms with Crippen LogP contribution in [0.2, 0.25) is 0 Å². The molecule has 0 saturated carbocycles. The number of aliphatic hydroxyl groups is 1. The Labute approximate surface area is 173 Å². The molecule has 0 radical (unpaired) electrons.